The van der Waals surface area contributed by atoms with E-state index in [-0.39, 0.29) is 31.4 Å². The van der Waals surface area contributed by atoms with Gasteiger partial charge in [0, 0.05) is 26.2 Å². The Balaban J connectivity index is 2.74. The van der Waals surface area contributed by atoms with Crippen LogP contribution >= 0.6 is 0 Å². The number of sulfonamides is 1. The van der Waals surface area contributed by atoms with Crippen LogP contribution in [-0.2, 0) is 14.8 Å². The van der Waals surface area contributed by atoms with Gasteiger partial charge in [0.1, 0.15) is 5.60 Å². The Bertz CT molecular complexity index is 473. The highest BCUT2D eigenvalue weighted by atomic mass is 32.2. The van der Waals surface area contributed by atoms with E-state index in [1.165, 1.54) is 9.21 Å². The van der Waals surface area contributed by atoms with E-state index in [0.29, 0.717) is 13.0 Å². The summed E-state index contributed by atoms with van der Waals surface area (Å²) in [5, 5.41) is 0. The molecule has 0 bridgehead atoms. The van der Waals surface area contributed by atoms with Gasteiger partial charge in [0.05, 0.1) is 11.8 Å². The van der Waals surface area contributed by atoms with E-state index < -0.39 is 21.7 Å². The van der Waals surface area contributed by atoms with E-state index in [0.717, 1.165) is 6.42 Å². The molecular weight excluding hydrogens is 306 g/mol. The topological polar surface area (TPSA) is 92.9 Å². The molecule has 7 nitrogen and oxygen atoms in total. The molecule has 1 unspecified atom stereocenters. The van der Waals surface area contributed by atoms with Crippen molar-refractivity contribution in [2.75, 3.05) is 31.9 Å². The van der Waals surface area contributed by atoms with Crippen molar-refractivity contribution >= 4 is 16.1 Å². The number of hydrogen-bond donors (Lipinski definition) is 1. The molecule has 0 spiro atoms. The number of unbranched alkanes of at least 4 members (excludes halogenated alkanes) is 1. The van der Waals surface area contributed by atoms with Gasteiger partial charge in [-0.3, -0.25) is 0 Å². The fourth-order valence-corrected chi connectivity index (χ4v) is 4.19. The highest BCUT2D eigenvalue weighted by Crippen LogP contribution is 2.18. The molecule has 0 radical (unpaired) electrons. The third-order valence-electron chi connectivity index (χ3n) is 3.47. The fourth-order valence-electron chi connectivity index (χ4n) is 2.33. The summed E-state index contributed by atoms with van der Waals surface area (Å²) in [6.07, 6.45) is 1.03. The summed E-state index contributed by atoms with van der Waals surface area (Å²) in [6.45, 7) is 8.42. The second kappa shape index (κ2) is 7.61. The van der Waals surface area contributed by atoms with Gasteiger partial charge in [0.15, 0.2) is 0 Å². The van der Waals surface area contributed by atoms with E-state index in [2.05, 4.69) is 0 Å². The molecule has 1 heterocycles. The number of rotatable bonds is 5. The maximum absolute atomic E-state index is 12.4. The first-order valence-corrected chi connectivity index (χ1v) is 9.39. The first kappa shape index (κ1) is 19.2. The van der Waals surface area contributed by atoms with Crippen LogP contribution in [0.5, 0.6) is 0 Å². The molecule has 8 heteroatoms. The van der Waals surface area contributed by atoms with E-state index in [9.17, 15) is 13.2 Å². The zero-order chi connectivity index (χ0) is 17.0. The summed E-state index contributed by atoms with van der Waals surface area (Å²) in [6, 6.07) is -0.386. The van der Waals surface area contributed by atoms with Gasteiger partial charge in [0.2, 0.25) is 10.0 Å². The quantitative estimate of drug-likeness (QED) is 0.809. The van der Waals surface area contributed by atoms with Gasteiger partial charge in [0.25, 0.3) is 0 Å². The number of ether oxygens (including phenoxy) is 1. The lowest BCUT2D eigenvalue weighted by Gasteiger charge is -2.40. The van der Waals surface area contributed by atoms with Crippen LogP contribution < -0.4 is 5.73 Å². The summed E-state index contributed by atoms with van der Waals surface area (Å²) >= 11 is 0. The molecule has 0 aromatic rings. The van der Waals surface area contributed by atoms with Crippen molar-refractivity contribution in [3.8, 4) is 0 Å². The van der Waals surface area contributed by atoms with Crippen molar-refractivity contribution in [1.29, 1.82) is 0 Å². The van der Waals surface area contributed by atoms with Gasteiger partial charge in [-0.1, -0.05) is 13.3 Å². The minimum absolute atomic E-state index is 0.131. The van der Waals surface area contributed by atoms with E-state index in [4.69, 9.17) is 10.5 Å². The summed E-state index contributed by atoms with van der Waals surface area (Å²) in [4.78, 5) is 13.6. The summed E-state index contributed by atoms with van der Waals surface area (Å²) < 4.78 is 31.5. The number of nitrogens with two attached hydrogens (primary N) is 1. The molecule has 0 aromatic carbocycles. The zero-order valence-corrected chi connectivity index (χ0v) is 14.9. The molecule has 1 aliphatic rings. The Morgan fingerprint density at radius 2 is 1.95 bits per heavy atom. The van der Waals surface area contributed by atoms with Crippen LogP contribution in [0.3, 0.4) is 0 Å². The third-order valence-corrected chi connectivity index (χ3v) is 5.47. The molecule has 0 aromatic heterocycles. The fraction of sp³-hybridized carbons (Fsp3) is 0.929. The predicted octanol–water partition coefficient (Wildman–Crippen LogP) is 0.996. The Labute approximate surface area is 133 Å². The maximum atomic E-state index is 12.4. The summed E-state index contributed by atoms with van der Waals surface area (Å²) in [7, 11) is -3.32. The van der Waals surface area contributed by atoms with Crippen LogP contribution in [0, 0.1) is 0 Å². The van der Waals surface area contributed by atoms with Gasteiger partial charge in [-0.25, -0.2) is 13.2 Å². The molecule has 1 fully saturated rings. The first-order valence-electron chi connectivity index (χ1n) is 7.78. The Hall–Kier alpha value is -0.860. The van der Waals surface area contributed by atoms with Gasteiger partial charge in [-0.05, 0) is 27.2 Å². The third kappa shape index (κ3) is 5.40. The Kier molecular flexibility index (Phi) is 6.64. The minimum Gasteiger partial charge on any atom is -0.444 e. The van der Waals surface area contributed by atoms with Crippen LogP contribution in [-0.4, -0.2) is 67.3 Å². The normalized spacial score (nSPS) is 21.0. The lowest BCUT2D eigenvalue weighted by atomic mass is 10.2. The van der Waals surface area contributed by atoms with Crippen molar-refractivity contribution in [1.82, 2.24) is 9.21 Å². The highest BCUT2D eigenvalue weighted by Gasteiger charge is 2.36. The average Bonchev–Trinajstić information content (AvgIpc) is 2.42. The molecule has 1 amide bonds. The van der Waals surface area contributed by atoms with Crippen molar-refractivity contribution < 1.29 is 17.9 Å². The first-order chi connectivity index (χ1) is 10.1. The largest absolute Gasteiger partial charge is 0.444 e. The van der Waals surface area contributed by atoms with Gasteiger partial charge < -0.3 is 15.4 Å². The van der Waals surface area contributed by atoms with Crippen molar-refractivity contribution in [2.24, 2.45) is 5.73 Å². The van der Waals surface area contributed by atoms with Crippen LogP contribution in [0.15, 0.2) is 0 Å². The number of carbonyl (C=O) groups excluding carboxylic acids is 1. The van der Waals surface area contributed by atoms with Crippen LogP contribution in [0.4, 0.5) is 4.79 Å². The second-order valence-corrected chi connectivity index (χ2v) is 8.64. The van der Waals surface area contributed by atoms with Crippen LogP contribution in [0.1, 0.15) is 40.5 Å². The summed E-state index contributed by atoms with van der Waals surface area (Å²) in [5.41, 5.74) is 5.15. The molecule has 130 valence electrons. The van der Waals surface area contributed by atoms with E-state index in [1.54, 1.807) is 20.8 Å². The average molecular weight is 335 g/mol. The Morgan fingerprint density at radius 1 is 1.32 bits per heavy atom. The number of piperazine rings is 1. The summed E-state index contributed by atoms with van der Waals surface area (Å²) in [5.74, 6) is 0.131. The van der Waals surface area contributed by atoms with Gasteiger partial charge >= 0.3 is 6.09 Å². The molecule has 22 heavy (non-hydrogen) atoms. The zero-order valence-electron chi connectivity index (χ0n) is 14.0. The molecule has 1 atom stereocenters. The minimum atomic E-state index is -3.32. The molecular formula is C14H29N3O4S. The lowest BCUT2D eigenvalue weighted by Crippen LogP contribution is -2.59. The highest BCUT2D eigenvalue weighted by molar-refractivity contribution is 7.89. The maximum Gasteiger partial charge on any atom is 0.410 e. The molecule has 1 saturated heterocycles. The smallest absolute Gasteiger partial charge is 0.410 e. The molecule has 0 saturated carbocycles. The second-order valence-electron chi connectivity index (χ2n) is 6.60. The van der Waals surface area contributed by atoms with E-state index in [1.807, 2.05) is 6.92 Å². The molecule has 1 aliphatic heterocycles. The number of hydrogen-bond acceptors (Lipinski definition) is 5. The van der Waals surface area contributed by atoms with E-state index >= 15 is 0 Å². The van der Waals surface area contributed by atoms with Crippen molar-refractivity contribution in [2.45, 2.75) is 52.2 Å². The number of carbonyl (C=O) groups is 1. The molecule has 0 aliphatic carbocycles. The van der Waals surface area contributed by atoms with Crippen LogP contribution in [0.2, 0.25) is 0 Å². The lowest BCUT2D eigenvalue weighted by molar-refractivity contribution is 0.0138. The predicted molar refractivity (Wildman–Crippen MR) is 86.1 cm³/mol. The SMILES string of the molecule is CCCCS(=O)(=O)N1CCN(C(=O)OC(C)(C)C)CC1CN. The molecule has 2 N–H and O–H groups in total. The molecule has 1 rings (SSSR count). The number of nitrogens with zero attached hydrogens (tertiary/aromatic N) is 2. The van der Waals surface area contributed by atoms with Crippen molar-refractivity contribution in [3.05, 3.63) is 0 Å². The monoisotopic (exact) mass is 335 g/mol. The van der Waals surface area contributed by atoms with Gasteiger partial charge in [-0.2, -0.15) is 4.31 Å². The van der Waals surface area contributed by atoms with Gasteiger partial charge in [-0.15, -0.1) is 0 Å². The Morgan fingerprint density at radius 3 is 2.45 bits per heavy atom. The van der Waals surface area contributed by atoms with Crippen molar-refractivity contribution in [3.63, 3.8) is 0 Å². The van der Waals surface area contributed by atoms with Crippen LogP contribution in [0.25, 0.3) is 0 Å². The standard InChI is InChI=1S/C14H29N3O4S/c1-5-6-9-22(19,20)17-8-7-16(11-12(17)10-15)13(18)21-14(2,3)4/h12H,5-11,15H2,1-4H3. The number of amides is 1.